The molecule has 13 heavy (non-hydrogen) atoms. The Kier molecular flexibility index (Phi) is 4.47. The van der Waals surface area contributed by atoms with Gasteiger partial charge in [-0.2, -0.15) is 0 Å². The van der Waals surface area contributed by atoms with Gasteiger partial charge in [-0.3, -0.25) is 0 Å². The monoisotopic (exact) mass is 294 g/mol. The van der Waals surface area contributed by atoms with Crippen molar-refractivity contribution in [2.45, 2.75) is 6.10 Å². The molecule has 3 nitrogen and oxygen atoms in total. The fourth-order valence-corrected chi connectivity index (χ4v) is 1.20. The SMILES string of the molecule is OCC(CO)Oc1ccc(I)cc1. The van der Waals surface area contributed by atoms with E-state index in [1.54, 1.807) is 12.1 Å². The number of aliphatic hydroxyl groups is 2. The van der Waals surface area contributed by atoms with Crippen LogP contribution in [0.2, 0.25) is 0 Å². The molecule has 0 aliphatic rings. The lowest BCUT2D eigenvalue weighted by molar-refractivity contribution is 0.0629. The average molecular weight is 294 g/mol. The molecule has 1 aromatic carbocycles. The highest BCUT2D eigenvalue weighted by atomic mass is 127. The van der Waals surface area contributed by atoms with Crippen LogP contribution in [0.5, 0.6) is 5.75 Å². The van der Waals surface area contributed by atoms with Gasteiger partial charge in [-0.05, 0) is 46.9 Å². The third-order valence-electron chi connectivity index (χ3n) is 1.52. The van der Waals surface area contributed by atoms with Crippen molar-refractivity contribution in [1.29, 1.82) is 0 Å². The molecule has 0 saturated heterocycles. The second-order valence-electron chi connectivity index (χ2n) is 2.56. The highest BCUT2D eigenvalue weighted by Crippen LogP contribution is 2.14. The summed E-state index contributed by atoms with van der Waals surface area (Å²) in [6, 6.07) is 7.42. The van der Waals surface area contributed by atoms with E-state index in [2.05, 4.69) is 22.6 Å². The van der Waals surface area contributed by atoms with Crippen LogP contribution in [-0.4, -0.2) is 29.5 Å². The molecule has 0 heterocycles. The molecule has 0 unspecified atom stereocenters. The van der Waals surface area contributed by atoms with Crippen molar-refractivity contribution in [1.82, 2.24) is 0 Å². The van der Waals surface area contributed by atoms with Crippen LogP contribution in [0, 0.1) is 3.57 Å². The van der Waals surface area contributed by atoms with E-state index in [1.807, 2.05) is 12.1 Å². The summed E-state index contributed by atoms with van der Waals surface area (Å²) >= 11 is 2.19. The molecule has 0 atom stereocenters. The van der Waals surface area contributed by atoms with Gasteiger partial charge in [0, 0.05) is 3.57 Å². The van der Waals surface area contributed by atoms with E-state index in [9.17, 15) is 0 Å². The maximum atomic E-state index is 8.76. The van der Waals surface area contributed by atoms with E-state index in [1.165, 1.54) is 0 Å². The van der Waals surface area contributed by atoms with Crippen molar-refractivity contribution < 1.29 is 14.9 Å². The molecular formula is C9H11IO3. The van der Waals surface area contributed by atoms with Gasteiger partial charge in [0.15, 0.2) is 0 Å². The van der Waals surface area contributed by atoms with Gasteiger partial charge in [-0.1, -0.05) is 0 Å². The number of ether oxygens (including phenoxy) is 1. The molecule has 2 N–H and O–H groups in total. The quantitative estimate of drug-likeness (QED) is 0.815. The predicted octanol–water partition coefficient (Wildman–Crippen LogP) is 1.02. The van der Waals surface area contributed by atoms with Gasteiger partial charge >= 0.3 is 0 Å². The maximum absolute atomic E-state index is 8.76. The van der Waals surface area contributed by atoms with Gasteiger partial charge in [0.25, 0.3) is 0 Å². The van der Waals surface area contributed by atoms with Crippen LogP contribution >= 0.6 is 22.6 Å². The van der Waals surface area contributed by atoms with E-state index in [-0.39, 0.29) is 13.2 Å². The van der Waals surface area contributed by atoms with Crippen molar-refractivity contribution in [3.8, 4) is 5.75 Å². The summed E-state index contributed by atoms with van der Waals surface area (Å²) in [6.07, 6.45) is -0.528. The molecule has 1 aromatic rings. The molecule has 0 bridgehead atoms. The maximum Gasteiger partial charge on any atom is 0.145 e. The second kappa shape index (κ2) is 5.41. The van der Waals surface area contributed by atoms with Gasteiger partial charge in [0.2, 0.25) is 0 Å². The van der Waals surface area contributed by atoms with Crippen molar-refractivity contribution in [3.63, 3.8) is 0 Å². The van der Waals surface area contributed by atoms with Crippen molar-refractivity contribution in [3.05, 3.63) is 27.8 Å². The van der Waals surface area contributed by atoms with Crippen LogP contribution in [0.4, 0.5) is 0 Å². The first kappa shape index (κ1) is 10.7. The van der Waals surface area contributed by atoms with Crippen LogP contribution in [0.3, 0.4) is 0 Å². The van der Waals surface area contributed by atoms with Crippen molar-refractivity contribution in [2.75, 3.05) is 13.2 Å². The molecule has 4 heteroatoms. The number of aliphatic hydroxyl groups excluding tert-OH is 2. The van der Waals surface area contributed by atoms with Gasteiger partial charge < -0.3 is 14.9 Å². The molecule has 0 amide bonds. The number of halogens is 1. The predicted molar refractivity (Wildman–Crippen MR) is 57.7 cm³/mol. The van der Waals surface area contributed by atoms with Crippen molar-refractivity contribution >= 4 is 22.6 Å². The Balaban J connectivity index is 2.58. The summed E-state index contributed by atoms with van der Waals surface area (Å²) in [7, 11) is 0. The third kappa shape index (κ3) is 3.50. The van der Waals surface area contributed by atoms with E-state index in [0.717, 1.165) is 3.57 Å². The average Bonchev–Trinajstić information content (AvgIpc) is 2.17. The third-order valence-corrected chi connectivity index (χ3v) is 2.24. The Morgan fingerprint density at radius 3 is 2.15 bits per heavy atom. The highest BCUT2D eigenvalue weighted by Gasteiger charge is 2.06. The minimum absolute atomic E-state index is 0.178. The molecule has 0 aliphatic heterocycles. The minimum Gasteiger partial charge on any atom is -0.486 e. The van der Waals surface area contributed by atoms with Crippen LogP contribution in [0.15, 0.2) is 24.3 Å². The molecule has 0 aliphatic carbocycles. The summed E-state index contributed by atoms with van der Waals surface area (Å²) in [6.45, 7) is -0.356. The Labute approximate surface area is 90.5 Å². The summed E-state index contributed by atoms with van der Waals surface area (Å²) in [5, 5.41) is 17.5. The lowest BCUT2D eigenvalue weighted by atomic mass is 10.3. The fraction of sp³-hybridized carbons (Fsp3) is 0.333. The summed E-state index contributed by atoms with van der Waals surface area (Å²) in [5.41, 5.74) is 0. The summed E-state index contributed by atoms with van der Waals surface area (Å²) < 4.78 is 6.38. The molecule has 0 spiro atoms. The lowest BCUT2D eigenvalue weighted by Gasteiger charge is -2.13. The standard InChI is InChI=1S/C9H11IO3/c10-7-1-3-8(4-2-7)13-9(5-11)6-12/h1-4,9,11-12H,5-6H2. The molecule has 72 valence electrons. The van der Waals surface area contributed by atoms with Crippen LogP contribution < -0.4 is 4.74 Å². The number of rotatable bonds is 4. The smallest absolute Gasteiger partial charge is 0.145 e. The van der Waals surface area contributed by atoms with E-state index in [4.69, 9.17) is 14.9 Å². The molecule has 1 rings (SSSR count). The first-order valence-electron chi connectivity index (χ1n) is 3.90. The first-order valence-corrected chi connectivity index (χ1v) is 4.98. The zero-order valence-electron chi connectivity index (χ0n) is 6.98. The fourth-order valence-electron chi connectivity index (χ4n) is 0.838. The first-order chi connectivity index (χ1) is 6.26. The number of hydrogen-bond acceptors (Lipinski definition) is 3. The Morgan fingerprint density at radius 1 is 1.15 bits per heavy atom. The largest absolute Gasteiger partial charge is 0.486 e. The second-order valence-corrected chi connectivity index (χ2v) is 3.80. The Morgan fingerprint density at radius 2 is 1.69 bits per heavy atom. The normalized spacial score (nSPS) is 10.5. The molecule has 0 radical (unpaired) electrons. The van der Waals surface area contributed by atoms with Gasteiger partial charge in [-0.15, -0.1) is 0 Å². The topological polar surface area (TPSA) is 49.7 Å². The lowest BCUT2D eigenvalue weighted by Crippen LogP contribution is -2.25. The molecular weight excluding hydrogens is 283 g/mol. The number of benzene rings is 1. The summed E-state index contributed by atoms with van der Waals surface area (Å²) in [5.74, 6) is 0.661. The zero-order valence-corrected chi connectivity index (χ0v) is 9.14. The van der Waals surface area contributed by atoms with Crippen molar-refractivity contribution in [2.24, 2.45) is 0 Å². The highest BCUT2D eigenvalue weighted by molar-refractivity contribution is 14.1. The summed E-state index contributed by atoms with van der Waals surface area (Å²) in [4.78, 5) is 0. The van der Waals surface area contributed by atoms with E-state index < -0.39 is 6.10 Å². The Bertz CT molecular complexity index is 244. The number of hydrogen-bond donors (Lipinski definition) is 2. The minimum atomic E-state index is -0.528. The van der Waals surface area contributed by atoms with E-state index >= 15 is 0 Å². The van der Waals surface area contributed by atoms with Gasteiger partial charge in [0.1, 0.15) is 11.9 Å². The van der Waals surface area contributed by atoms with Crippen LogP contribution in [0.25, 0.3) is 0 Å². The molecule has 0 saturated carbocycles. The van der Waals surface area contributed by atoms with Crippen LogP contribution in [-0.2, 0) is 0 Å². The van der Waals surface area contributed by atoms with Gasteiger partial charge in [0.05, 0.1) is 13.2 Å². The molecule has 0 aromatic heterocycles. The Hall–Kier alpha value is -0.330. The zero-order chi connectivity index (χ0) is 9.68. The van der Waals surface area contributed by atoms with Gasteiger partial charge in [-0.25, -0.2) is 0 Å². The van der Waals surface area contributed by atoms with Crippen LogP contribution in [0.1, 0.15) is 0 Å². The molecule has 0 fully saturated rings. The van der Waals surface area contributed by atoms with E-state index in [0.29, 0.717) is 5.75 Å².